The maximum atomic E-state index is 13.2. The van der Waals surface area contributed by atoms with Gasteiger partial charge in [-0.15, -0.1) is 11.3 Å². The molecule has 3 N–H and O–H groups in total. The molecule has 17 heavy (non-hydrogen) atoms. The predicted molar refractivity (Wildman–Crippen MR) is 70.7 cm³/mol. The number of benzene rings is 1. The third-order valence-electron chi connectivity index (χ3n) is 2.32. The number of hydrogen-bond acceptors (Lipinski definition) is 3. The van der Waals surface area contributed by atoms with E-state index in [4.69, 9.17) is 17.3 Å². The maximum absolute atomic E-state index is 13.2. The lowest BCUT2D eigenvalue weighted by Crippen LogP contribution is -2.12. The molecule has 0 unspecified atom stereocenters. The first-order chi connectivity index (χ1) is 8.15. The van der Waals surface area contributed by atoms with E-state index < -0.39 is 0 Å². The molecule has 0 fully saturated rings. The smallest absolute Gasteiger partial charge is 0.146 e. The van der Waals surface area contributed by atoms with Gasteiger partial charge in [-0.2, -0.15) is 0 Å². The van der Waals surface area contributed by atoms with Gasteiger partial charge in [0.15, 0.2) is 0 Å². The Labute approximate surface area is 108 Å². The van der Waals surface area contributed by atoms with Crippen LogP contribution in [0.5, 0.6) is 0 Å². The van der Waals surface area contributed by atoms with Crippen LogP contribution in [0.3, 0.4) is 0 Å². The molecule has 0 aliphatic rings. The summed E-state index contributed by atoms with van der Waals surface area (Å²) in [6.45, 7) is 1.33. The number of hydrogen-bond donors (Lipinski definition) is 2. The van der Waals surface area contributed by atoms with Gasteiger partial charge in [0.1, 0.15) is 5.82 Å². The van der Waals surface area contributed by atoms with Crippen molar-refractivity contribution in [1.82, 2.24) is 5.32 Å². The SMILES string of the molecule is Nc1ccc(CNCc2ccc(Cl)s2)cc1F. The third-order valence-corrected chi connectivity index (χ3v) is 3.55. The van der Waals surface area contributed by atoms with Crippen LogP contribution >= 0.6 is 22.9 Å². The quantitative estimate of drug-likeness (QED) is 0.836. The fourth-order valence-electron chi connectivity index (χ4n) is 1.46. The third kappa shape index (κ3) is 3.43. The van der Waals surface area contributed by atoms with Gasteiger partial charge in [-0.3, -0.25) is 0 Å². The summed E-state index contributed by atoms with van der Waals surface area (Å²) in [6.07, 6.45) is 0. The molecule has 0 amide bonds. The molecule has 1 aromatic heterocycles. The lowest BCUT2D eigenvalue weighted by Gasteiger charge is -2.04. The second-order valence-corrected chi connectivity index (χ2v) is 5.46. The van der Waals surface area contributed by atoms with Gasteiger partial charge in [-0.25, -0.2) is 4.39 Å². The lowest BCUT2D eigenvalue weighted by molar-refractivity contribution is 0.625. The lowest BCUT2D eigenvalue weighted by atomic mass is 10.2. The molecule has 0 spiro atoms. The molecule has 5 heteroatoms. The summed E-state index contributed by atoms with van der Waals surface area (Å²) < 4.78 is 13.9. The summed E-state index contributed by atoms with van der Waals surface area (Å²) >= 11 is 7.36. The van der Waals surface area contributed by atoms with Gasteiger partial charge in [0.25, 0.3) is 0 Å². The minimum Gasteiger partial charge on any atom is -0.396 e. The molecule has 0 saturated heterocycles. The molecule has 90 valence electrons. The second kappa shape index (κ2) is 5.49. The number of nitrogen functional groups attached to an aromatic ring is 1. The molecule has 0 aliphatic carbocycles. The monoisotopic (exact) mass is 270 g/mol. The van der Waals surface area contributed by atoms with Crippen LogP contribution < -0.4 is 11.1 Å². The Balaban J connectivity index is 1.87. The van der Waals surface area contributed by atoms with Crippen LogP contribution in [-0.2, 0) is 13.1 Å². The molecule has 0 atom stereocenters. The van der Waals surface area contributed by atoms with Crippen molar-refractivity contribution in [3.05, 3.63) is 50.9 Å². The number of nitrogens with one attached hydrogen (secondary N) is 1. The highest BCUT2D eigenvalue weighted by Crippen LogP contribution is 2.21. The van der Waals surface area contributed by atoms with E-state index in [0.717, 1.165) is 21.3 Å². The summed E-state index contributed by atoms with van der Waals surface area (Å²) in [7, 11) is 0. The molecule has 1 aromatic carbocycles. The molecule has 2 rings (SSSR count). The first-order valence-electron chi connectivity index (χ1n) is 5.14. The van der Waals surface area contributed by atoms with Crippen LogP contribution in [0.15, 0.2) is 30.3 Å². The summed E-state index contributed by atoms with van der Waals surface area (Å²) in [5.41, 5.74) is 6.46. The fourth-order valence-corrected chi connectivity index (χ4v) is 2.51. The number of halogens is 2. The van der Waals surface area contributed by atoms with Gasteiger partial charge in [0.2, 0.25) is 0 Å². The molecule has 2 aromatic rings. The van der Waals surface area contributed by atoms with Crippen LogP contribution in [0.4, 0.5) is 10.1 Å². The van der Waals surface area contributed by atoms with Crippen LogP contribution in [-0.4, -0.2) is 0 Å². The highest BCUT2D eigenvalue weighted by Gasteiger charge is 2.01. The predicted octanol–water partition coefficient (Wildman–Crippen LogP) is 3.41. The van der Waals surface area contributed by atoms with Crippen molar-refractivity contribution in [2.75, 3.05) is 5.73 Å². The van der Waals surface area contributed by atoms with E-state index in [-0.39, 0.29) is 11.5 Å². The topological polar surface area (TPSA) is 38.0 Å². The van der Waals surface area contributed by atoms with Crippen molar-refractivity contribution in [1.29, 1.82) is 0 Å². The Morgan fingerprint density at radius 2 is 2.06 bits per heavy atom. The highest BCUT2D eigenvalue weighted by atomic mass is 35.5. The second-order valence-electron chi connectivity index (χ2n) is 3.67. The summed E-state index contributed by atoms with van der Waals surface area (Å²) in [5, 5.41) is 3.22. The Hall–Kier alpha value is -1.10. The molecule has 2 nitrogen and oxygen atoms in total. The van der Waals surface area contributed by atoms with E-state index in [2.05, 4.69) is 5.32 Å². The standard InChI is InChI=1S/C12H12ClFN2S/c13-12-4-2-9(17-12)7-16-6-8-1-3-11(15)10(14)5-8/h1-5,16H,6-7,15H2. The van der Waals surface area contributed by atoms with Gasteiger partial charge in [-0.1, -0.05) is 17.7 Å². The largest absolute Gasteiger partial charge is 0.396 e. The maximum Gasteiger partial charge on any atom is 0.146 e. The molecule has 0 saturated carbocycles. The van der Waals surface area contributed by atoms with Crippen molar-refractivity contribution in [3.8, 4) is 0 Å². The minimum absolute atomic E-state index is 0.179. The number of anilines is 1. The van der Waals surface area contributed by atoms with Gasteiger partial charge in [-0.05, 0) is 29.8 Å². The minimum atomic E-state index is -0.372. The van der Waals surface area contributed by atoms with Crippen LogP contribution in [0.1, 0.15) is 10.4 Å². The fraction of sp³-hybridized carbons (Fsp3) is 0.167. The zero-order valence-electron chi connectivity index (χ0n) is 9.04. The van der Waals surface area contributed by atoms with Crippen LogP contribution in [0.25, 0.3) is 0 Å². The zero-order valence-corrected chi connectivity index (χ0v) is 10.6. The number of rotatable bonds is 4. The molecule has 0 bridgehead atoms. The summed E-state index contributed by atoms with van der Waals surface area (Å²) in [5.74, 6) is -0.372. The summed E-state index contributed by atoms with van der Waals surface area (Å²) in [6, 6.07) is 8.68. The first kappa shape index (κ1) is 12.4. The van der Waals surface area contributed by atoms with Crippen molar-refractivity contribution < 1.29 is 4.39 Å². The van der Waals surface area contributed by atoms with Crippen LogP contribution in [0.2, 0.25) is 4.34 Å². The normalized spacial score (nSPS) is 10.7. The van der Waals surface area contributed by atoms with E-state index in [1.807, 2.05) is 18.2 Å². The summed E-state index contributed by atoms with van der Waals surface area (Å²) in [4.78, 5) is 1.16. The number of thiophene rings is 1. The van der Waals surface area contributed by atoms with E-state index in [1.54, 1.807) is 6.07 Å². The van der Waals surface area contributed by atoms with Gasteiger partial charge < -0.3 is 11.1 Å². The van der Waals surface area contributed by atoms with Gasteiger partial charge >= 0.3 is 0 Å². The zero-order chi connectivity index (χ0) is 12.3. The average molecular weight is 271 g/mol. The van der Waals surface area contributed by atoms with Gasteiger partial charge in [0.05, 0.1) is 10.0 Å². The van der Waals surface area contributed by atoms with Crippen LogP contribution in [0, 0.1) is 5.82 Å². The van der Waals surface area contributed by atoms with E-state index in [9.17, 15) is 4.39 Å². The molecular formula is C12H12ClFN2S. The average Bonchev–Trinajstić information content (AvgIpc) is 2.70. The Bertz CT molecular complexity index is 513. The molecule has 0 aliphatic heterocycles. The Kier molecular flexibility index (Phi) is 3.99. The van der Waals surface area contributed by atoms with E-state index in [0.29, 0.717) is 6.54 Å². The Morgan fingerprint density at radius 3 is 2.71 bits per heavy atom. The number of nitrogens with two attached hydrogens (primary N) is 1. The molecule has 1 heterocycles. The molecular weight excluding hydrogens is 259 g/mol. The van der Waals surface area contributed by atoms with E-state index >= 15 is 0 Å². The molecule has 0 radical (unpaired) electrons. The first-order valence-corrected chi connectivity index (χ1v) is 6.33. The van der Waals surface area contributed by atoms with Gasteiger partial charge in [0, 0.05) is 18.0 Å². The van der Waals surface area contributed by atoms with Crippen molar-refractivity contribution >= 4 is 28.6 Å². The Morgan fingerprint density at radius 1 is 1.24 bits per heavy atom. The van der Waals surface area contributed by atoms with Crippen molar-refractivity contribution in [2.24, 2.45) is 0 Å². The van der Waals surface area contributed by atoms with Crippen molar-refractivity contribution in [2.45, 2.75) is 13.1 Å². The highest BCUT2D eigenvalue weighted by molar-refractivity contribution is 7.16. The van der Waals surface area contributed by atoms with Crippen molar-refractivity contribution in [3.63, 3.8) is 0 Å². The van der Waals surface area contributed by atoms with E-state index in [1.165, 1.54) is 17.4 Å².